The molecule has 1 aromatic heterocycles. The van der Waals surface area contributed by atoms with Gasteiger partial charge in [-0.25, -0.2) is 4.99 Å². The molecule has 0 bridgehead atoms. The molecule has 0 radical (unpaired) electrons. The first-order valence-electron chi connectivity index (χ1n) is 11.3. The highest BCUT2D eigenvalue weighted by Crippen LogP contribution is 2.32. The molecule has 36 heavy (non-hydrogen) atoms. The first-order chi connectivity index (χ1) is 17.4. The number of anilines is 1. The maximum Gasteiger partial charge on any atom is 0.271 e. The topological polar surface area (TPSA) is 92.9 Å². The van der Waals surface area contributed by atoms with Gasteiger partial charge in [-0.15, -0.1) is 0 Å². The predicted octanol–water partition coefficient (Wildman–Crippen LogP) is 3.59. The molecule has 7 nitrogen and oxygen atoms in total. The Labute approximate surface area is 211 Å². The molecule has 0 saturated carbocycles. The number of phenols is 1. The lowest BCUT2D eigenvalue weighted by atomic mass is 9.95. The Kier molecular flexibility index (Phi) is 6.26. The van der Waals surface area contributed by atoms with Gasteiger partial charge in [0.2, 0.25) is 0 Å². The van der Waals surface area contributed by atoms with E-state index in [0.717, 1.165) is 5.56 Å². The molecular weight excluding hydrogens is 474 g/mol. The van der Waals surface area contributed by atoms with Crippen LogP contribution in [-0.4, -0.2) is 22.7 Å². The fraction of sp³-hybridized carbons (Fsp3) is 0.107. The molecule has 3 aromatic carbocycles. The zero-order valence-electron chi connectivity index (χ0n) is 19.6. The van der Waals surface area contributed by atoms with Crippen molar-refractivity contribution in [2.75, 3.05) is 12.4 Å². The number of benzene rings is 3. The van der Waals surface area contributed by atoms with Crippen LogP contribution < -0.4 is 24.9 Å². The predicted molar refractivity (Wildman–Crippen MR) is 140 cm³/mol. The summed E-state index contributed by atoms with van der Waals surface area (Å²) in [5.41, 5.74) is 2.70. The highest BCUT2D eigenvalue weighted by atomic mass is 32.1. The third kappa shape index (κ3) is 4.46. The van der Waals surface area contributed by atoms with E-state index in [9.17, 15) is 14.7 Å². The van der Waals surface area contributed by atoms with Crippen molar-refractivity contribution < 1.29 is 14.6 Å². The van der Waals surface area contributed by atoms with Crippen molar-refractivity contribution >= 4 is 29.0 Å². The average molecular weight is 498 g/mol. The van der Waals surface area contributed by atoms with E-state index in [-0.39, 0.29) is 17.2 Å². The Morgan fingerprint density at radius 1 is 1.08 bits per heavy atom. The first-order valence-corrected chi connectivity index (χ1v) is 12.1. The van der Waals surface area contributed by atoms with Gasteiger partial charge in [-0.1, -0.05) is 53.8 Å². The number of hydrogen-bond acceptors (Lipinski definition) is 6. The van der Waals surface area contributed by atoms with Crippen LogP contribution in [0, 0.1) is 0 Å². The van der Waals surface area contributed by atoms with Crippen LogP contribution in [0.3, 0.4) is 0 Å². The SMILES string of the molecule is COc1cccc([C@@H]2C(C(=O)Nc3ccccc3)=C(C)N=c3sc(=Cc4cccc(O)c4)c(=O)n32)c1. The number of carbonyl (C=O) groups excluding carboxylic acids is 1. The number of phenolic OH excluding ortho intramolecular Hbond substituents is 1. The standard InChI is InChI=1S/C28H23N3O4S/c1-17-24(26(33)30-20-10-4-3-5-11-20)25(19-9-7-13-22(16-19)35-2)31-27(34)23(36-28(31)29-17)15-18-8-6-12-21(32)14-18/h3-16,25,32H,1-2H3,(H,30,33)/t25-/m1/s1. The number of amides is 1. The smallest absolute Gasteiger partial charge is 0.271 e. The van der Waals surface area contributed by atoms with Gasteiger partial charge in [-0.2, -0.15) is 0 Å². The molecule has 1 amide bonds. The number of nitrogens with one attached hydrogen (secondary N) is 1. The van der Waals surface area contributed by atoms with E-state index < -0.39 is 6.04 Å². The summed E-state index contributed by atoms with van der Waals surface area (Å²) in [7, 11) is 1.57. The van der Waals surface area contributed by atoms with Crippen molar-refractivity contribution in [2.45, 2.75) is 13.0 Å². The molecule has 2 N–H and O–H groups in total. The third-order valence-corrected chi connectivity index (χ3v) is 6.86. The second-order valence-corrected chi connectivity index (χ2v) is 9.28. The number of ether oxygens (including phenoxy) is 1. The Hall–Kier alpha value is -4.43. The van der Waals surface area contributed by atoms with Crippen molar-refractivity contribution in [1.82, 2.24) is 4.57 Å². The number of hydrogen-bond donors (Lipinski definition) is 2. The van der Waals surface area contributed by atoms with Gasteiger partial charge in [-0.05, 0) is 60.5 Å². The Balaban J connectivity index is 1.69. The summed E-state index contributed by atoms with van der Waals surface area (Å²) < 4.78 is 7.43. The Morgan fingerprint density at radius 3 is 2.61 bits per heavy atom. The monoisotopic (exact) mass is 497 g/mol. The van der Waals surface area contributed by atoms with Crippen molar-refractivity contribution in [3.63, 3.8) is 0 Å². The van der Waals surface area contributed by atoms with E-state index >= 15 is 0 Å². The van der Waals surface area contributed by atoms with Crippen molar-refractivity contribution in [2.24, 2.45) is 4.99 Å². The molecule has 0 spiro atoms. The number of rotatable bonds is 5. The van der Waals surface area contributed by atoms with Crippen LogP contribution >= 0.6 is 11.3 Å². The van der Waals surface area contributed by atoms with Gasteiger partial charge >= 0.3 is 0 Å². The number of fused-ring (bicyclic) bond motifs is 1. The molecule has 0 aliphatic carbocycles. The summed E-state index contributed by atoms with van der Waals surface area (Å²) in [5.74, 6) is 0.394. The zero-order chi connectivity index (χ0) is 25.2. The molecule has 1 atom stereocenters. The molecule has 0 unspecified atom stereocenters. The Morgan fingerprint density at radius 2 is 1.86 bits per heavy atom. The van der Waals surface area contributed by atoms with E-state index in [1.54, 1.807) is 61.1 Å². The maximum absolute atomic E-state index is 13.7. The first kappa shape index (κ1) is 23.3. The average Bonchev–Trinajstić information content (AvgIpc) is 3.18. The van der Waals surface area contributed by atoms with Gasteiger partial charge in [-0.3, -0.25) is 14.2 Å². The number of aromatic nitrogens is 1. The van der Waals surface area contributed by atoms with Crippen LogP contribution in [0.4, 0.5) is 5.69 Å². The minimum atomic E-state index is -0.702. The van der Waals surface area contributed by atoms with Gasteiger partial charge in [0, 0.05) is 5.69 Å². The third-order valence-electron chi connectivity index (χ3n) is 5.88. The number of carbonyl (C=O) groups is 1. The minimum Gasteiger partial charge on any atom is -0.508 e. The minimum absolute atomic E-state index is 0.112. The van der Waals surface area contributed by atoms with Gasteiger partial charge in [0.05, 0.1) is 29.0 Å². The lowest BCUT2D eigenvalue weighted by Crippen LogP contribution is -2.40. The second-order valence-electron chi connectivity index (χ2n) is 8.27. The quantitative estimate of drug-likeness (QED) is 0.441. The summed E-state index contributed by atoms with van der Waals surface area (Å²) in [6.07, 6.45) is 1.72. The highest BCUT2D eigenvalue weighted by Gasteiger charge is 2.32. The second kappa shape index (κ2) is 9.67. The number of para-hydroxylation sites is 1. The van der Waals surface area contributed by atoms with Crippen LogP contribution in [0.25, 0.3) is 6.08 Å². The molecule has 8 heteroatoms. The molecule has 180 valence electrons. The normalized spacial score (nSPS) is 15.3. The van der Waals surface area contributed by atoms with Gasteiger partial charge < -0.3 is 15.2 Å². The molecule has 1 aliphatic heterocycles. The van der Waals surface area contributed by atoms with Crippen molar-refractivity contribution in [1.29, 1.82) is 0 Å². The summed E-state index contributed by atoms with van der Waals surface area (Å²) in [6.45, 7) is 1.78. The largest absolute Gasteiger partial charge is 0.508 e. The number of aromatic hydroxyl groups is 1. The lowest BCUT2D eigenvalue weighted by Gasteiger charge is -2.25. The fourth-order valence-electron chi connectivity index (χ4n) is 4.22. The van der Waals surface area contributed by atoms with Gasteiger partial charge in [0.25, 0.3) is 11.5 Å². The number of methoxy groups -OCH3 is 1. The number of nitrogens with zero attached hydrogens (tertiary/aromatic N) is 2. The Bertz CT molecular complexity index is 1670. The van der Waals surface area contributed by atoms with E-state index in [2.05, 4.69) is 10.3 Å². The molecule has 1 aliphatic rings. The van der Waals surface area contributed by atoms with Crippen LogP contribution in [0.5, 0.6) is 11.5 Å². The molecule has 0 fully saturated rings. The lowest BCUT2D eigenvalue weighted by molar-refractivity contribution is -0.113. The van der Waals surface area contributed by atoms with Crippen LogP contribution in [-0.2, 0) is 4.79 Å². The van der Waals surface area contributed by atoms with Crippen LogP contribution in [0.2, 0.25) is 0 Å². The van der Waals surface area contributed by atoms with Crippen molar-refractivity contribution in [3.05, 3.63) is 121 Å². The summed E-state index contributed by atoms with van der Waals surface area (Å²) in [4.78, 5) is 32.4. The summed E-state index contributed by atoms with van der Waals surface area (Å²) in [5, 5.41) is 12.8. The molecular formula is C28H23N3O4S. The van der Waals surface area contributed by atoms with Gasteiger partial charge in [0.15, 0.2) is 4.80 Å². The number of allylic oxidation sites excluding steroid dienone is 1. The maximum atomic E-state index is 13.7. The molecule has 5 rings (SSSR count). The van der Waals surface area contributed by atoms with E-state index in [1.165, 1.54) is 11.3 Å². The highest BCUT2D eigenvalue weighted by molar-refractivity contribution is 7.07. The van der Waals surface area contributed by atoms with Gasteiger partial charge in [0.1, 0.15) is 11.5 Å². The van der Waals surface area contributed by atoms with Crippen LogP contribution in [0.1, 0.15) is 24.1 Å². The van der Waals surface area contributed by atoms with Crippen LogP contribution in [0.15, 0.2) is 99.9 Å². The summed E-state index contributed by atoms with van der Waals surface area (Å²) in [6, 6.07) is 22.5. The van der Waals surface area contributed by atoms with E-state index in [4.69, 9.17) is 4.74 Å². The molecule has 2 heterocycles. The van der Waals surface area contributed by atoms with E-state index in [1.807, 2.05) is 42.5 Å². The zero-order valence-corrected chi connectivity index (χ0v) is 20.5. The summed E-state index contributed by atoms with van der Waals surface area (Å²) >= 11 is 1.24. The number of thiazole rings is 1. The van der Waals surface area contributed by atoms with E-state index in [0.29, 0.717) is 37.6 Å². The molecule has 4 aromatic rings. The molecule has 0 saturated heterocycles. The van der Waals surface area contributed by atoms with Crippen molar-refractivity contribution in [3.8, 4) is 11.5 Å². The fourth-order valence-corrected chi connectivity index (χ4v) is 5.27.